The van der Waals surface area contributed by atoms with E-state index in [9.17, 15) is 14.0 Å². The van der Waals surface area contributed by atoms with Crippen molar-refractivity contribution < 1.29 is 19.1 Å². The van der Waals surface area contributed by atoms with Crippen molar-refractivity contribution in [3.63, 3.8) is 0 Å². The third-order valence-corrected chi connectivity index (χ3v) is 4.03. The zero-order valence-corrected chi connectivity index (χ0v) is 11.6. The van der Waals surface area contributed by atoms with Crippen LogP contribution in [0.15, 0.2) is 18.2 Å². The van der Waals surface area contributed by atoms with Crippen molar-refractivity contribution in [2.24, 2.45) is 0 Å². The van der Waals surface area contributed by atoms with E-state index < -0.39 is 17.8 Å². The average Bonchev–Trinajstić information content (AvgIpc) is 2.69. The normalized spacial score (nSPS) is 15.6. The summed E-state index contributed by atoms with van der Waals surface area (Å²) in [5.74, 6) is -0.200. The Morgan fingerprint density at radius 1 is 1.30 bits per heavy atom. The molecule has 1 fully saturated rings. The van der Waals surface area contributed by atoms with Gasteiger partial charge in [0.2, 0.25) is 0 Å². The minimum atomic E-state index is -1.27. The van der Waals surface area contributed by atoms with E-state index in [4.69, 9.17) is 5.11 Å². The lowest BCUT2D eigenvalue weighted by Gasteiger charge is -2.21. The van der Waals surface area contributed by atoms with Crippen molar-refractivity contribution >= 4 is 29.4 Å². The van der Waals surface area contributed by atoms with Crippen molar-refractivity contribution in [3.8, 4) is 0 Å². The number of nitrogens with zero attached hydrogens (tertiary/aromatic N) is 1. The lowest BCUT2D eigenvalue weighted by molar-refractivity contribution is 0.0697. The first kappa shape index (κ1) is 14.6. The fourth-order valence-corrected chi connectivity index (χ4v) is 2.85. The summed E-state index contributed by atoms with van der Waals surface area (Å²) in [5, 5.41) is 11.4. The van der Waals surface area contributed by atoms with Crippen LogP contribution in [0.25, 0.3) is 0 Å². The molecule has 0 radical (unpaired) electrons. The highest BCUT2D eigenvalue weighted by Gasteiger charge is 2.20. The number of carboxylic acid groups (broad SMARTS) is 1. The van der Waals surface area contributed by atoms with Gasteiger partial charge in [0.15, 0.2) is 0 Å². The highest BCUT2D eigenvalue weighted by molar-refractivity contribution is 7.99. The van der Waals surface area contributed by atoms with Crippen molar-refractivity contribution in [2.45, 2.75) is 6.42 Å². The summed E-state index contributed by atoms with van der Waals surface area (Å²) in [6.45, 7) is 1.17. The van der Waals surface area contributed by atoms with E-state index in [1.165, 1.54) is 12.1 Å². The van der Waals surface area contributed by atoms with Crippen LogP contribution in [0.2, 0.25) is 0 Å². The summed E-state index contributed by atoms with van der Waals surface area (Å²) >= 11 is 1.76. The van der Waals surface area contributed by atoms with Crippen molar-refractivity contribution in [1.82, 2.24) is 4.90 Å². The fourth-order valence-electron chi connectivity index (χ4n) is 1.96. The fraction of sp³-hybridized carbons (Fsp3) is 0.385. The van der Waals surface area contributed by atoms with Crippen LogP contribution in [-0.2, 0) is 0 Å². The van der Waals surface area contributed by atoms with Crippen LogP contribution in [0.4, 0.5) is 14.9 Å². The van der Waals surface area contributed by atoms with Crippen molar-refractivity contribution in [1.29, 1.82) is 0 Å². The Bertz CT molecular complexity index is 516. The molecule has 108 valence electrons. The third-order valence-electron chi connectivity index (χ3n) is 2.99. The maximum atomic E-state index is 13.7. The first-order chi connectivity index (χ1) is 9.59. The van der Waals surface area contributed by atoms with Gasteiger partial charge in [-0.05, 0) is 24.3 Å². The van der Waals surface area contributed by atoms with E-state index in [0.29, 0.717) is 13.1 Å². The second-order valence-electron chi connectivity index (χ2n) is 4.35. The Morgan fingerprint density at radius 3 is 2.85 bits per heavy atom. The first-order valence-corrected chi connectivity index (χ1v) is 7.40. The number of carbonyl (C=O) groups excluding carboxylic acids is 1. The second-order valence-corrected chi connectivity index (χ2v) is 5.58. The number of nitrogens with one attached hydrogen (secondary N) is 1. The minimum Gasteiger partial charge on any atom is -0.478 e. The number of urea groups is 1. The Balaban J connectivity index is 2.16. The molecule has 7 heteroatoms. The molecule has 0 aromatic heterocycles. The van der Waals surface area contributed by atoms with Crippen LogP contribution in [0.5, 0.6) is 0 Å². The maximum Gasteiger partial charge on any atom is 0.337 e. The molecule has 2 N–H and O–H groups in total. The molecule has 0 spiro atoms. The van der Waals surface area contributed by atoms with E-state index >= 15 is 0 Å². The molecule has 1 heterocycles. The summed E-state index contributed by atoms with van der Waals surface area (Å²) in [7, 11) is 0. The Morgan fingerprint density at radius 2 is 2.10 bits per heavy atom. The van der Waals surface area contributed by atoms with Crippen LogP contribution in [0, 0.1) is 5.82 Å². The number of carbonyl (C=O) groups is 2. The first-order valence-electron chi connectivity index (χ1n) is 6.25. The average molecular weight is 298 g/mol. The molecule has 2 amide bonds. The molecule has 0 bridgehead atoms. The summed E-state index contributed by atoms with van der Waals surface area (Å²) in [5.41, 5.74) is -0.524. The van der Waals surface area contributed by atoms with E-state index in [1.807, 2.05) is 0 Å². The molecular weight excluding hydrogens is 283 g/mol. The highest BCUT2D eigenvalue weighted by Crippen LogP contribution is 2.21. The maximum absolute atomic E-state index is 13.7. The smallest absolute Gasteiger partial charge is 0.337 e. The summed E-state index contributed by atoms with van der Waals surface area (Å²) in [4.78, 5) is 24.7. The largest absolute Gasteiger partial charge is 0.478 e. The number of amides is 2. The number of aromatic carboxylic acids is 1. The topological polar surface area (TPSA) is 69.6 Å². The monoisotopic (exact) mass is 298 g/mol. The number of anilines is 1. The predicted octanol–water partition coefficient (Wildman–Crippen LogP) is 2.49. The molecule has 0 saturated carbocycles. The molecule has 1 aromatic rings. The third kappa shape index (κ3) is 3.41. The highest BCUT2D eigenvalue weighted by atomic mass is 32.2. The van der Waals surface area contributed by atoms with Gasteiger partial charge in [0.1, 0.15) is 5.82 Å². The van der Waals surface area contributed by atoms with Gasteiger partial charge in [-0.1, -0.05) is 6.07 Å². The van der Waals surface area contributed by atoms with Crippen LogP contribution in [-0.4, -0.2) is 46.6 Å². The van der Waals surface area contributed by atoms with Gasteiger partial charge in [0.05, 0.1) is 11.3 Å². The van der Waals surface area contributed by atoms with Gasteiger partial charge in [-0.25, -0.2) is 14.0 Å². The van der Waals surface area contributed by atoms with Crippen molar-refractivity contribution in [2.75, 3.05) is 29.9 Å². The van der Waals surface area contributed by atoms with Gasteiger partial charge in [-0.2, -0.15) is 11.8 Å². The van der Waals surface area contributed by atoms with Gasteiger partial charge in [0, 0.05) is 18.8 Å². The van der Waals surface area contributed by atoms with Crippen LogP contribution in [0.3, 0.4) is 0 Å². The van der Waals surface area contributed by atoms with Crippen molar-refractivity contribution in [3.05, 3.63) is 29.6 Å². The number of carboxylic acids is 1. The van der Waals surface area contributed by atoms with Gasteiger partial charge in [-0.3, -0.25) is 0 Å². The molecular formula is C13H15FN2O3S. The molecule has 5 nitrogen and oxygen atoms in total. The number of rotatable bonds is 2. The zero-order chi connectivity index (χ0) is 14.5. The number of para-hydroxylation sites is 1. The predicted molar refractivity (Wildman–Crippen MR) is 75.9 cm³/mol. The standard InChI is InChI=1S/C13H15FN2O3S/c14-10-4-1-3-9(12(17)18)11(10)15-13(19)16-5-2-7-20-8-6-16/h1,3-4H,2,5-8H2,(H,15,19)(H,17,18). The van der Waals surface area contributed by atoms with E-state index in [2.05, 4.69) is 5.32 Å². The molecule has 20 heavy (non-hydrogen) atoms. The number of thioether (sulfide) groups is 1. The molecule has 1 aliphatic heterocycles. The molecule has 1 saturated heterocycles. The molecule has 2 rings (SSSR count). The van der Waals surface area contributed by atoms with Gasteiger partial charge in [0.25, 0.3) is 0 Å². The van der Waals surface area contributed by atoms with Gasteiger partial charge < -0.3 is 15.3 Å². The number of halogens is 1. The summed E-state index contributed by atoms with van der Waals surface area (Å²) < 4.78 is 13.7. The lowest BCUT2D eigenvalue weighted by Crippen LogP contribution is -2.37. The molecule has 1 aromatic carbocycles. The molecule has 0 aliphatic carbocycles. The van der Waals surface area contributed by atoms with Crippen LogP contribution < -0.4 is 5.32 Å². The van der Waals surface area contributed by atoms with Crippen LogP contribution >= 0.6 is 11.8 Å². The van der Waals surface area contributed by atoms with Crippen LogP contribution in [0.1, 0.15) is 16.8 Å². The SMILES string of the molecule is O=C(O)c1cccc(F)c1NC(=O)N1CCCSCC1. The molecule has 0 unspecified atom stereocenters. The van der Waals surface area contributed by atoms with E-state index in [1.54, 1.807) is 16.7 Å². The Hall–Kier alpha value is -1.76. The summed E-state index contributed by atoms with van der Waals surface area (Å²) in [6, 6.07) is 3.23. The second kappa shape index (κ2) is 6.60. The zero-order valence-electron chi connectivity index (χ0n) is 10.8. The summed E-state index contributed by atoms with van der Waals surface area (Å²) in [6.07, 6.45) is 0.876. The van der Waals surface area contributed by atoms with E-state index in [-0.39, 0.29) is 11.3 Å². The molecule has 1 aliphatic rings. The number of benzene rings is 1. The van der Waals surface area contributed by atoms with Gasteiger partial charge >= 0.3 is 12.0 Å². The molecule has 0 atom stereocenters. The lowest BCUT2D eigenvalue weighted by atomic mass is 10.1. The number of hydrogen-bond acceptors (Lipinski definition) is 3. The Kier molecular flexibility index (Phi) is 4.84. The Labute approximate surface area is 120 Å². The van der Waals surface area contributed by atoms with Gasteiger partial charge in [-0.15, -0.1) is 0 Å². The number of hydrogen-bond donors (Lipinski definition) is 2. The quantitative estimate of drug-likeness (QED) is 0.880. The van der Waals surface area contributed by atoms with E-state index in [0.717, 1.165) is 24.0 Å². The minimum absolute atomic E-state index is 0.248.